The van der Waals surface area contributed by atoms with Gasteiger partial charge in [-0.25, -0.2) is 0 Å². The zero-order valence-corrected chi connectivity index (χ0v) is 16.6. The van der Waals surface area contributed by atoms with Crippen molar-refractivity contribution < 1.29 is 4.79 Å². The summed E-state index contributed by atoms with van der Waals surface area (Å²) in [4.78, 5) is 14.6. The minimum Gasteiger partial charge on any atom is -0.321 e. The van der Waals surface area contributed by atoms with Gasteiger partial charge in [0.15, 0.2) is 5.82 Å². The summed E-state index contributed by atoms with van der Waals surface area (Å²) in [5, 5.41) is 11.8. The second-order valence-electron chi connectivity index (χ2n) is 6.98. The maximum absolute atomic E-state index is 12.6. The SMILES string of the molecule is CCc1cc(C(=O)Nc2cccc(-c3nnc4n3CCCCC4)c2)sc1C. The van der Waals surface area contributed by atoms with Crippen LogP contribution in [0.15, 0.2) is 30.3 Å². The Morgan fingerprint density at radius 1 is 1.22 bits per heavy atom. The van der Waals surface area contributed by atoms with Gasteiger partial charge in [-0.05, 0) is 49.9 Å². The lowest BCUT2D eigenvalue weighted by Gasteiger charge is -2.09. The molecule has 2 aromatic heterocycles. The first kappa shape index (κ1) is 17.9. The van der Waals surface area contributed by atoms with Gasteiger partial charge in [-0.1, -0.05) is 25.5 Å². The molecule has 0 saturated carbocycles. The highest BCUT2D eigenvalue weighted by Gasteiger charge is 2.17. The minimum atomic E-state index is -0.0555. The van der Waals surface area contributed by atoms with Crippen LogP contribution in [0.5, 0.6) is 0 Å². The van der Waals surface area contributed by atoms with Crippen LogP contribution in [-0.2, 0) is 19.4 Å². The van der Waals surface area contributed by atoms with Crippen LogP contribution in [0.25, 0.3) is 11.4 Å². The third-order valence-corrected chi connectivity index (χ3v) is 6.20. The number of anilines is 1. The van der Waals surface area contributed by atoms with E-state index in [1.54, 1.807) is 11.3 Å². The molecule has 6 heteroatoms. The van der Waals surface area contributed by atoms with E-state index in [2.05, 4.69) is 33.9 Å². The minimum absolute atomic E-state index is 0.0555. The summed E-state index contributed by atoms with van der Waals surface area (Å²) in [6, 6.07) is 9.89. The van der Waals surface area contributed by atoms with Crippen LogP contribution < -0.4 is 5.32 Å². The summed E-state index contributed by atoms with van der Waals surface area (Å²) >= 11 is 1.55. The van der Waals surface area contributed by atoms with Gasteiger partial charge in [0.2, 0.25) is 0 Å². The van der Waals surface area contributed by atoms with Gasteiger partial charge in [0.25, 0.3) is 5.91 Å². The Labute approximate surface area is 163 Å². The smallest absolute Gasteiger partial charge is 0.265 e. The Morgan fingerprint density at radius 3 is 2.93 bits per heavy atom. The van der Waals surface area contributed by atoms with E-state index in [0.717, 1.165) is 53.6 Å². The van der Waals surface area contributed by atoms with Gasteiger partial charge in [-0.3, -0.25) is 4.79 Å². The molecule has 3 heterocycles. The number of fused-ring (bicyclic) bond motifs is 1. The van der Waals surface area contributed by atoms with Gasteiger partial charge in [0, 0.05) is 29.1 Å². The maximum Gasteiger partial charge on any atom is 0.265 e. The van der Waals surface area contributed by atoms with E-state index in [0.29, 0.717) is 0 Å². The molecule has 0 saturated heterocycles. The molecule has 0 radical (unpaired) electrons. The first-order valence-electron chi connectivity index (χ1n) is 9.59. The van der Waals surface area contributed by atoms with Gasteiger partial charge in [0.05, 0.1) is 4.88 Å². The second kappa shape index (κ2) is 7.64. The number of carbonyl (C=O) groups is 1. The highest BCUT2D eigenvalue weighted by molar-refractivity contribution is 7.14. The molecule has 1 aromatic carbocycles. The molecular weight excluding hydrogens is 356 g/mol. The average molecular weight is 381 g/mol. The van der Waals surface area contributed by atoms with Crippen LogP contribution in [0.3, 0.4) is 0 Å². The number of rotatable bonds is 4. The highest BCUT2D eigenvalue weighted by atomic mass is 32.1. The Morgan fingerprint density at radius 2 is 2.11 bits per heavy atom. The molecule has 1 aliphatic rings. The fourth-order valence-corrected chi connectivity index (χ4v) is 4.62. The van der Waals surface area contributed by atoms with E-state index in [1.165, 1.54) is 23.3 Å². The summed E-state index contributed by atoms with van der Waals surface area (Å²) in [7, 11) is 0. The molecule has 140 valence electrons. The predicted octanol–water partition coefficient (Wildman–Crippen LogP) is 4.86. The van der Waals surface area contributed by atoms with Crippen LogP contribution in [0, 0.1) is 6.92 Å². The molecule has 0 aliphatic carbocycles. The molecule has 0 fully saturated rings. The van der Waals surface area contributed by atoms with Crippen LogP contribution in [0.1, 0.15) is 52.1 Å². The summed E-state index contributed by atoms with van der Waals surface area (Å²) < 4.78 is 2.23. The summed E-state index contributed by atoms with van der Waals surface area (Å²) in [5.74, 6) is 1.90. The molecule has 1 aliphatic heterocycles. The predicted molar refractivity (Wildman–Crippen MR) is 109 cm³/mol. The summed E-state index contributed by atoms with van der Waals surface area (Å²) in [5.41, 5.74) is 3.02. The number of hydrogen-bond acceptors (Lipinski definition) is 4. The number of hydrogen-bond donors (Lipinski definition) is 1. The van der Waals surface area contributed by atoms with Crippen LogP contribution in [-0.4, -0.2) is 20.7 Å². The lowest BCUT2D eigenvalue weighted by Crippen LogP contribution is -2.10. The molecule has 1 amide bonds. The summed E-state index contributed by atoms with van der Waals surface area (Å²) in [6.45, 7) is 5.14. The van der Waals surface area contributed by atoms with Gasteiger partial charge in [-0.2, -0.15) is 0 Å². The first-order chi connectivity index (χ1) is 13.2. The van der Waals surface area contributed by atoms with Gasteiger partial charge in [-0.15, -0.1) is 21.5 Å². The highest BCUT2D eigenvalue weighted by Crippen LogP contribution is 2.26. The van der Waals surface area contributed by atoms with E-state index < -0.39 is 0 Å². The van der Waals surface area contributed by atoms with E-state index in [1.807, 2.05) is 30.3 Å². The Balaban J connectivity index is 1.58. The third kappa shape index (κ3) is 3.67. The molecule has 1 N–H and O–H groups in total. The topological polar surface area (TPSA) is 59.8 Å². The molecule has 0 unspecified atom stereocenters. The number of carbonyl (C=O) groups excluding carboxylic acids is 1. The van der Waals surface area contributed by atoms with Crippen molar-refractivity contribution in [2.24, 2.45) is 0 Å². The first-order valence-corrected chi connectivity index (χ1v) is 10.4. The van der Waals surface area contributed by atoms with E-state index in [9.17, 15) is 4.79 Å². The maximum atomic E-state index is 12.6. The zero-order valence-electron chi connectivity index (χ0n) is 15.8. The van der Waals surface area contributed by atoms with E-state index in [4.69, 9.17) is 0 Å². The van der Waals surface area contributed by atoms with Crippen molar-refractivity contribution in [3.05, 3.63) is 51.5 Å². The molecule has 27 heavy (non-hydrogen) atoms. The number of nitrogens with zero attached hydrogens (tertiary/aromatic N) is 3. The van der Waals surface area contributed by atoms with Crippen LogP contribution >= 0.6 is 11.3 Å². The second-order valence-corrected chi connectivity index (χ2v) is 8.24. The number of thiophene rings is 1. The molecular formula is C21H24N4OS. The van der Waals surface area contributed by atoms with Crippen molar-refractivity contribution in [3.8, 4) is 11.4 Å². The molecule has 0 bridgehead atoms. The lowest BCUT2D eigenvalue weighted by atomic mass is 10.1. The fourth-order valence-electron chi connectivity index (χ4n) is 3.61. The van der Waals surface area contributed by atoms with Crippen molar-refractivity contribution in [3.63, 3.8) is 0 Å². The molecule has 0 atom stereocenters. The molecule has 3 aromatic rings. The van der Waals surface area contributed by atoms with Crippen molar-refractivity contribution >= 4 is 22.9 Å². The fraction of sp³-hybridized carbons (Fsp3) is 0.381. The number of benzene rings is 1. The quantitative estimate of drug-likeness (QED) is 0.703. The van der Waals surface area contributed by atoms with E-state index in [-0.39, 0.29) is 5.91 Å². The van der Waals surface area contributed by atoms with Crippen molar-refractivity contribution in [2.75, 3.05) is 5.32 Å². The summed E-state index contributed by atoms with van der Waals surface area (Å²) in [6.07, 6.45) is 5.50. The third-order valence-electron chi connectivity index (χ3n) is 5.11. The largest absolute Gasteiger partial charge is 0.321 e. The Hall–Kier alpha value is -2.47. The Kier molecular flexibility index (Phi) is 5.07. The number of aryl methyl sites for hydroxylation is 3. The lowest BCUT2D eigenvalue weighted by molar-refractivity contribution is 0.103. The van der Waals surface area contributed by atoms with Crippen molar-refractivity contribution in [1.82, 2.24) is 14.8 Å². The number of aromatic nitrogens is 3. The van der Waals surface area contributed by atoms with Crippen molar-refractivity contribution in [2.45, 2.75) is 52.5 Å². The van der Waals surface area contributed by atoms with Crippen LogP contribution in [0.4, 0.5) is 5.69 Å². The van der Waals surface area contributed by atoms with Gasteiger partial charge in [0.1, 0.15) is 5.82 Å². The number of amides is 1. The Bertz CT molecular complexity index is 972. The number of nitrogens with one attached hydrogen (secondary N) is 1. The van der Waals surface area contributed by atoms with Gasteiger partial charge >= 0.3 is 0 Å². The zero-order chi connectivity index (χ0) is 18.8. The molecule has 4 rings (SSSR count). The monoisotopic (exact) mass is 380 g/mol. The molecule has 5 nitrogen and oxygen atoms in total. The van der Waals surface area contributed by atoms with Gasteiger partial charge < -0.3 is 9.88 Å². The normalized spacial score (nSPS) is 13.9. The average Bonchev–Trinajstić information content (AvgIpc) is 3.17. The van der Waals surface area contributed by atoms with Crippen LogP contribution in [0.2, 0.25) is 0 Å². The van der Waals surface area contributed by atoms with E-state index >= 15 is 0 Å². The molecule has 0 spiro atoms. The van der Waals surface area contributed by atoms with Crippen molar-refractivity contribution in [1.29, 1.82) is 0 Å². The standard InChI is InChI=1S/C21H24N4OS/c1-3-15-13-18(27-14(15)2)21(26)22-17-9-7-8-16(12-17)20-24-23-19-10-5-4-6-11-25(19)20/h7-9,12-13H,3-6,10-11H2,1-2H3,(H,22,26).